The molecule has 0 radical (unpaired) electrons. The van der Waals surface area contributed by atoms with E-state index in [9.17, 15) is 14.4 Å². The average molecular weight is 422 g/mol. The number of amides is 2. The molecule has 30 heavy (non-hydrogen) atoms. The van der Waals surface area contributed by atoms with E-state index in [0.29, 0.717) is 10.7 Å². The molecule has 152 valence electrons. The van der Waals surface area contributed by atoms with Crippen LogP contribution in [0.15, 0.2) is 64.1 Å². The van der Waals surface area contributed by atoms with Crippen LogP contribution in [0.5, 0.6) is 0 Å². The van der Waals surface area contributed by atoms with Crippen LogP contribution in [0.2, 0.25) is 0 Å². The molecule has 1 saturated heterocycles. The zero-order valence-electron chi connectivity index (χ0n) is 16.3. The van der Waals surface area contributed by atoms with E-state index in [1.54, 1.807) is 12.1 Å². The van der Waals surface area contributed by atoms with Crippen molar-refractivity contribution in [1.82, 2.24) is 9.47 Å². The van der Waals surface area contributed by atoms with E-state index in [2.05, 4.69) is 4.74 Å². The van der Waals surface area contributed by atoms with Crippen LogP contribution in [0, 0.1) is 6.92 Å². The maximum absolute atomic E-state index is 12.8. The molecule has 2 aromatic heterocycles. The molecule has 7 nitrogen and oxygen atoms in total. The van der Waals surface area contributed by atoms with Crippen molar-refractivity contribution in [3.63, 3.8) is 0 Å². The van der Waals surface area contributed by atoms with Crippen molar-refractivity contribution >= 4 is 35.0 Å². The number of ether oxygens (including phenoxy) is 1. The van der Waals surface area contributed by atoms with Crippen molar-refractivity contribution < 1.29 is 23.5 Å². The minimum absolute atomic E-state index is 0.0195. The molecule has 0 aliphatic carbocycles. The predicted octanol–water partition coefficient (Wildman–Crippen LogP) is 4.40. The van der Waals surface area contributed by atoms with Gasteiger partial charge in [-0.1, -0.05) is 18.2 Å². The van der Waals surface area contributed by atoms with Crippen molar-refractivity contribution in [1.29, 1.82) is 0 Å². The van der Waals surface area contributed by atoms with Gasteiger partial charge in [0.05, 0.1) is 18.6 Å². The Kier molecular flexibility index (Phi) is 5.33. The van der Waals surface area contributed by atoms with Crippen molar-refractivity contribution in [3.05, 3.63) is 82.4 Å². The molecule has 4 rings (SSSR count). The number of aromatic nitrogens is 1. The number of thioether (sulfide) groups is 1. The molecule has 3 heterocycles. The fourth-order valence-electron chi connectivity index (χ4n) is 3.16. The second-order valence-electron chi connectivity index (χ2n) is 6.61. The second-order valence-corrected chi connectivity index (χ2v) is 7.61. The smallest absolute Gasteiger partial charge is 0.373 e. The van der Waals surface area contributed by atoms with Gasteiger partial charge in [-0.25, -0.2) is 4.79 Å². The zero-order valence-corrected chi connectivity index (χ0v) is 17.1. The number of nitrogens with zero attached hydrogens (tertiary/aromatic N) is 2. The number of methoxy groups -OCH3 is 1. The van der Waals surface area contributed by atoms with Crippen LogP contribution in [0.25, 0.3) is 11.8 Å². The van der Waals surface area contributed by atoms with Crippen LogP contribution in [0.3, 0.4) is 0 Å². The van der Waals surface area contributed by atoms with E-state index in [0.717, 1.165) is 33.6 Å². The minimum atomic E-state index is -0.618. The molecule has 0 N–H and O–H groups in total. The molecule has 3 aromatic rings. The summed E-state index contributed by atoms with van der Waals surface area (Å²) in [6.45, 7) is 1.96. The quantitative estimate of drug-likeness (QED) is 0.448. The van der Waals surface area contributed by atoms with Crippen molar-refractivity contribution in [2.75, 3.05) is 7.11 Å². The number of hydrogen-bond acceptors (Lipinski definition) is 6. The number of esters is 1. The van der Waals surface area contributed by atoms with E-state index in [1.165, 1.54) is 13.2 Å². The van der Waals surface area contributed by atoms with E-state index in [1.807, 2.05) is 54.1 Å². The number of benzene rings is 1. The summed E-state index contributed by atoms with van der Waals surface area (Å²) in [5.74, 6) is -0.681. The Balaban J connectivity index is 1.57. The van der Waals surface area contributed by atoms with Gasteiger partial charge >= 0.3 is 5.97 Å². The van der Waals surface area contributed by atoms with Gasteiger partial charge in [-0.15, -0.1) is 0 Å². The Morgan fingerprint density at radius 2 is 1.93 bits per heavy atom. The topological polar surface area (TPSA) is 81.8 Å². The second kappa shape index (κ2) is 8.08. The number of carbonyl (C=O) groups excluding carboxylic acids is 3. The zero-order chi connectivity index (χ0) is 21.3. The Bertz CT molecular complexity index is 1170. The predicted molar refractivity (Wildman–Crippen MR) is 112 cm³/mol. The number of imide groups is 1. The van der Waals surface area contributed by atoms with Crippen LogP contribution in [-0.4, -0.2) is 33.7 Å². The van der Waals surface area contributed by atoms with Crippen LogP contribution in [-0.2, 0) is 16.1 Å². The van der Waals surface area contributed by atoms with E-state index in [-0.39, 0.29) is 12.3 Å². The van der Waals surface area contributed by atoms with Crippen LogP contribution in [0.1, 0.15) is 27.6 Å². The number of para-hydroxylation sites is 1. The lowest BCUT2D eigenvalue weighted by Gasteiger charge is -2.11. The molecule has 0 bridgehead atoms. The monoisotopic (exact) mass is 422 g/mol. The number of hydrogen-bond donors (Lipinski definition) is 0. The average Bonchev–Trinajstić information content (AvgIpc) is 3.45. The van der Waals surface area contributed by atoms with Gasteiger partial charge in [-0.2, -0.15) is 0 Å². The van der Waals surface area contributed by atoms with Crippen LogP contribution < -0.4 is 0 Å². The lowest BCUT2D eigenvalue weighted by Crippen LogP contribution is -2.27. The van der Waals surface area contributed by atoms with Gasteiger partial charge in [0, 0.05) is 17.6 Å². The standard InChI is InChI=1S/C22H18N2O5S/c1-14-6-3-4-8-17(14)23-11-5-7-15(23)12-19-20(25)24(22(27)30-19)13-16-9-10-18(29-16)21(26)28-2/h3-12H,13H2,1-2H3/b19-12+. The highest BCUT2D eigenvalue weighted by Gasteiger charge is 2.36. The first-order valence-electron chi connectivity index (χ1n) is 9.13. The molecular weight excluding hydrogens is 404 g/mol. The molecule has 1 aliphatic rings. The molecule has 1 aromatic carbocycles. The summed E-state index contributed by atoms with van der Waals surface area (Å²) in [6, 6.07) is 14.7. The lowest BCUT2D eigenvalue weighted by molar-refractivity contribution is -0.123. The largest absolute Gasteiger partial charge is 0.463 e. The fraction of sp³-hybridized carbons (Fsp3) is 0.136. The SMILES string of the molecule is COC(=O)c1ccc(CN2C(=O)S/C(=C/c3cccn3-c3ccccc3C)C2=O)o1. The number of rotatable bonds is 5. The van der Waals surface area contributed by atoms with E-state index < -0.39 is 17.1 Å². The third-order valence-corrected chi connectivity index (χ3v) is 5.58. The lowest BCUT2D eigenvalue weighted by atomic mass is 10.2. The summed E-state index contributed by atoms with van der Waals surface area (Å²) < 4.78 is 11.9. The number of aryl methyl sites for hydroxylation is 1. The van der Waals surface area contributed by atoms with Gasteiger partial charge < -0.3 is 13.7 Å². The summed E-state index contributed by atoms with van der Waals surface area (Å²) in [4.78, 5) is 38.2. The first kappa shape index (κ1) is 19.8. The Hall–Kier alpha value is -3.52. The fourth-order valence-corrected chi connectivity index (χ4v) is 3.99. The van der Waals surface area contributed by atoms with Gasteiger partial charge in [-0.05, 0) is 60.7 Å². The third-order valence-electron chi connectivity index (χ3n) is 4.67. The summed E-state index contributed by atoms with van der Waals surface area (Å²) >= 11 is 0.877. The van der Waals surface area contributed by atoms with Gasteiger partial charge in [0.25, 0.3) is 11.1 Å². The Morgan fingerprint density at radius 1 is 1.13 bits per heavy atom. The highest BCUT2D eigenvalue weighted by atomic mass is 32.2. The Morgan fingerprint density at radius 3 is 2.70 bits per heavy atom. The molecule has 0 saturated carbocycles. The maximum Gasteiger partial charge on any atom is 0.373 e. The number of carbonyl (C=O) groups is 3. The molecule has 0 unspecified atom stereocenters. The number of furan rings is 1. The highest BCUT2D eigenvalue weighted by molar-refractivity contribution is 8.18. The van der Waals surface area contributed by atoms with Crippen molar-refractivity contribution in [3.8, 4) is 5.69 Å². The highest BCUT2D eigenvalue weighted by Crippen LogP contribution is 2.34. The Labute approximate surface area is 176 Å². The van der Waals surface area contributed by atoms with Gasteiger partial charge in [-0.3, -0.25) is 14.5 Å². The molecule has 1 aliphatic heterocycles. The van der Waals surface area contributed by atoms with Crippen molar-refractivity contribution in [2.45, 2.75) is 13.5 Å². The first-order chi connectivity index (χ1) is 14.5. The summed E-state index contributed by atoms with van der Waals surface area (Å²) in [7, 11) is 1.25. The molecular formula is C22H18N2O5S. The van der Waals surface area contributed by atoms with Crippen LogP contribution in [0.4, 0.5) is 4.79 Å². The minimum Gasteiger partial charge on any atom is -0.463 e. The summed E-state index contributed by atoms with van der Waals surface area (Å²) in [6.07, 6.45) is 3.62. The van der Waals surface area contributed by atoms with Gasteiger partial charge in [0.1, 0.15) is 5.76 Å². The van der Waals surface area contributed by atoms with Gasteiger partial charge in [0.15, 0.2) is 0 Å². The van der Waals surface area contributed by atoms with Crippen molar-refractivity contribution in [2.24, 2.45) is 0 Å². The molecule has 0 spiro atoms. The third kappa shape index (κ3) is 3.69. The summed E-state index contributed by atoms with van der Waals surface area (Å²) in [5, 5.41) is -0.392. The maximum atomic E-state index is 12.8. The molecule has 0 atom stereocenters. The van der Waals surface area contributed by atoms with Gasteiger partial charge in [0.2, 0.25) is 5.76 Å². The van der Waals surface area contributed by atoms with Crippen LogP contribution >= 0.6 is 11.8 Å². The summed E-state index contributed by atoms with van der Waals surface area (Å²) in [5.41, 5.74) is 2.88. The molecule has 8 heteroatoms. The molecule has 1 fully saturated rings. The van der Waals surface area contributed by atoms with E-state index >= 15 is 0 Å². The first-order valence-corrected chi connectivity index (χ1v) is 9.95. The van der Waals surface area contributed by atoms with E-state index in [4.69, 9.17) is 4.42 Å². The normalized spacial score (nSPS) is 15.3. The molecule has 2 amide bonds.